The van der Waals surface area contributed by atoms with Crippen molar-refractivity contribution >= 4 is 15.9 Å². The Bertz CT molecular complexity index is 470. The van der Waals surface area contributed by atoms with Gasteiger partial charge in [-0.2, -0.15) is 0 Å². The molecule has 1 aliphatic carbocycles. The van der Waals surface area contributed by atoms with Gasteiger partial charge in [-0.15, -0.1) is 0 Å². The van der Waals surface area contributed by atoms with E-state index in [2.05, 4.69) is 54.2 Å². The molecule has 0 aliphatic heterocycles. The molecule has 2 rings (SSSR count). The Morgan fingerprint density at radius 2 is 2.10 bits per heavy atom. The van der Waals surface area contributed by atoms with Crippen LogP contribution in [0.2, 0.25) is 0 Å². The average molecular weight is 354 g/mol. The first-order chi connectivity index (χ1) is 9.94. The maximum Gasteiger partial charge on any atom is 0.122 e. The van der Waals surface area contributed by atoms with E-state index in [1.165, 1.54) is 18.4 Å². The van der Waals surface area contributed by atoms with Gasteiger partial charge >= 0.3 is 0 Å². The fraction of sp³-hybridized carbons (Fsp3) is 0.667. The minimum atomic E-state index is 0.322. The van der Waals surface area contributed by atoms with E-state index in [-0.39, 0.29) is 0 Å². The van der Waals surface area contributed by atoms with Gasteiger partial charge in [-0.25, -0.2) is 0 Å². The molecule has 21 heavy (non-hydrogen) atoms. The zero-order chi connectivity index (χ0) is 15.5. The van der Waals surface area contributed by atoms with Crippen molar-refractivity contribution in [3.05, 3.63) is 28.2 Å². The summed E-state index contributed by atoms with van der Waals surface area (Å²) >= 11 is 3.59. The van der Waals surface area contributed by atoms with E-state index >= 15 is 0 Å². The predicted octanol–water partition coefficient (Wildman–Crippen LogP) is 4.66. The van der Waals surface area contributed by atoms with Gasteiger partial charge in [0.15, 0.2) is 0 Å². The van der Waals surface area contributed by atoms with Crippen LogP contribution in [0.1, 0.15) is 39.2 Å². The van der Waals surface area contributed by atoms with E-state index in [0.29, 0.717) is 11.3 Å². The van der Waals surface area contributed by atoms with Crippen LogP contribution in [-0.2, 0) is 6.42 Å². The minimum Gasteiger partial charge on any atom is -0.496 e. The summed E-state index contributed by atoms with van der Waals surface area (Å²) in [6, 6.07) is 6.32. The Labute approximate surface area is 137 Å². The molecule has 1 fully saturated rings. The smallest absolute Gasteiger partial charge is 0.122 e. The van der Waals surface area contributed by atoms with Gasteiger partial charge < -0.3 is 10.1 Å². The molecule has 2 nitrogen and oxygen atoms in total. The lowest BCUT2D eigenvalue weighted by Gasteiger charge is -2.31. The van der Waals surface area contributed by atoms with Crippen LogP contribution in [0, 0.1) is 17.3 Å². The first-order valence-electron chi connectivity index (χ1n) is 7.98. The summed E-state index contributed by atoms with van der Waals surface area (Å²) in [4.78, 5) is 0. The standard InChI is InChI=1S/C18H28BrNO/c1-13(2)11-20-12-18(3,15-5-6-15)10-14-9-16(19)7-8-17(14)21-4/h7-9,13,15,20H,5-6,10-12H2,1-4H3. The highest BCUT2D eigenvalue weighted by Gasteiger charge is 2.41. The highest BCUT2D eigenvalue weighted by molar-refractivity contribution is 9.10. The number of benzene rings is 1. The van der Waals surface area contributed by atoms with Crippen LogP contribution in [-0.4, -0.2) is 20.2 Å². The predicted molar refractivity (Wildman–Crippen MR) is 92.9 cm³/mol. The summed E-state index contributed by atoms with van der Waals surface area (Å²) in [5.41, 5.74) is 1.63. The van der Waals surface area contributed by atoms with Gasteiger partial charge in [0, 0.05) is 11.0 Å². The number of nitrogens with one attached hydrogen (secondary N) is 1. The Morgan fingerprint density at radius 1 is 1.38 bits per heavy atom. The van der Waals surface area contributed by atoms with Gasteiger partial charge in [0.1, 0.15) is 5.75 Å². The Kier molecular flexibility index (Phi) is 5.73. The molecule has 1 atom stereocenters. The number of ether oxygens (including phenoxy) is 1. The molecular formula is C18H28BrNO. The SMILES string of the molecule is COc1ccc(Br)cc1CC(C)(CNCC(C)C)C1CC1. The normalized spacial score (nSPS) is 17.8. The summed E-state index contributed by atoms with van der Waals surface area (Å²) in [6.45, 7) is 9.14. The van der Waals surface area contributed by atoms with Gasteiger partial charge in [0.25, 0.3) is 0 Å². The Hall–Kier alpha value is -0.540. The lowest BCUT2D eigenvalue weighted by Crippen LogP contribution is -2.37. The second kappa shape index (κ2) is 7.15. The third-order valence-corrected chi connectivity index (χ3v) is 4.97. The topological polar surface area (TPSA) is 21.3 Å². The van der Waals surface area contributed by atoms with Crippen molar-refractivity contribution in [2.45, 2.75) is 40.0 Å². The van der Waals surface area contributed by atoms with E-state index in [1.54, 1.807) is 7.11 Å². The van der Waals surface area contributed by atoms with E-state index in [0.717, 1.165) is 35.7 Å². The van der Waals surface area contributed by atoms with Crippen molar-refractivity contribution in [3.63, 3.8) is 0 Å². The maximum absolute atomic E-state index is 5.55. The molecule has 1 unspecified atom stereocenters. The van der Waals surface area contributed by atoms with Crippen LogP contribution < -0.4 is 10.1 Å². The molecule has 3 heteroatoms. The third-order valence-electron chi connectivity index (χ3n) is 4.48. The van der Waals surface area contributed by atoms with Gasteiger partial charge in [-0.05, 0) is 66.8 Å². The molecule has 1 N–H and O–H groups in total. The highest BCUT2D eigenvalue weighted by atomic mass is 79.9. The molecule has 1 saturated carbocycles. The largest absolute Gasteiger partial charge is 0.496 e. The zero-order valence-corrected chi connectivity index (χ0v) is 15.3. The van der Waals surface area contributed by atoms with Crippen LogP contribution in [0.25, 0.3) is 0 Å². The highest BCUT2D eigenvalue weighted by Crippen LogP contribution is 2.48. The van der Waals surface area contributed by atoms with Crippen LogP contribution in [0.15, 0.2) is 22.7 Å². The van der Waals surface area contributed by atoms with Gasteiger partial charge in [-0.1, -0.05) is 36.7 Å². The lowest BCUT2D eigenvalue weighted by molar-refractivity contribution is 0.248. The fourth-order valence-corrected chi connectivity index (χ4v) is 3.51. The van der Waals surface area contributed by atoms with Crippen molar-refractivity contribution in [2.24, 2.45) is 17.3 Å². The monoisotopic (exact) mass is 353 g/mol. The fourth-order valence-electron chi connectivity index (χ4n) is 3.10. The van der Waals surface area contributed by atoms with Crippen molar-refractivity contribution in [3.8, 4) is 5.75 Å². The van der Waals surface area contributed by atoms with Crippen LogP contribution in [0.3, 0.4) is 0 Å². The molecule has 1 aromatic carbocycles. The van der Waals surface area contributed by atoms with Crippen LogP contribution >= 0.6 is 15.9 Å². The molecule has 0 radical (unpaired) electrons. The first-order valence-corrected chi connectivity index (χ1v) is 8.77. The van der Waals surface area contributed by atoms with Crippen molar-refractivity contribution in [1.29, 1.82) is 0 Å². The summed E-state index contributed by atoms with van der Waals surface area (Å²) in [5, 5.41) is 3.67. The maximum atomic E-state index is 5.55. The minimum absolute atomic E-state index is 0.322. The average Bonchev–Trinajstić information content (AvgIpc) is 3.23. The van der Waals surface area contributed by atoms with E-state index in [9.17, 15) is 0 Å². The van der Waals surface area contributed by atoms with E-state index in [1.807, 2.05) is 6.07 Å². The molecule has 0 heterocycles. The van der Waals surface area contributed by atoms with Crippen molar-refractivity contribution < 1.29 is 4.74 Å². The molecular weight excluding hydrogens is 326 g/mol. The Balaban J connectivity index is 2.10. The van der Waals surface area contributed by atoms with E-state index in [4.69, 9.17) is 4.74 Å². The number of hydrogen-bond acceptors (Lipinski definition) is 2. The van der Waals surface area contributed by atoms with Crippen LogP contribution in [0.4, 0.5) is 0 Å². The number of rotatable bonds is 8. The van der Waals surface area contributed by atoms with E-state index < -0.39 is 0 Å². The van der Waals surface area contributed by atoms with Crippen LogP contribution in [0.5, 0.6) is 5.75 Å². The van der Waals surface area contributed by atoms with Gasteiger partial charge in [-0.3, -0.25) is 0 Å². The molecule has 118 valence electrons. The molecule has 1 aromatic rings. The number of halogens is 1. The molecule has 0 saturated heterocycles. The lowest BCUT2D eigenvalue weighted by atomic mass is 9.78. The quantitative estimate of drug-likeness (QED) is 0.733. The second-order valence-electron chi connectivity index (χ2n) is 7.09. The number of hydrogen-bond donors (Lipinski definition) is 1. The molecule has 0 aromatic heterocycles. The number of methoxy groups -OCH3 is 1. The first kappa shape index (κ1) is 16.8. The Morgan fingerprint density at radius 3 is 2.67 bits per heavy atom. The summed E-state index contributed by atoms with van der Waals surface area (Å²) < 4.78 is 6.68. The third kappa shape index (κ3) is 4.72. The molecule has 0 amide bonds. The second-order valence-corrected chi connectivity index (χ2v) is 8.00. The molecule has 0 bridgehead atoms. The summed E-state index contributed by atoms with van der Waals surface area (Å²) in [5.74, 6) is 2.56. The molecule has 1 aliphatic rings. The summed E-state index contributed by atoms with van der Waals surface area (Å²) in [6.07, 6.45) is 3.82. The van der Waals surface area contributed by atoms with Gasteiger partial charge in [0.2, 0.25) is 0 Å². The molecule has 0 spiro atoms. The van der Waals surface area contributed by atoms with Crippen molar-refractivity contribution in [2.75, 3.05) is 20.2 Å². The summed E-state index contributed by atoms with van der Waals surface area (Å²) in [7, 11) is 1.76. The zero-order valence-electron chi connectivity index (χ0n) is 13.7. The van der Waals surface area contributed by atoms with Crippen molar-refractivity contribution in [1.82, 2.24) is 5.32 Å². The van der Waals surface area contributed by atoms with Gasteiger partial charge in [0.05, 0.1) is 7.11 Å².